The van der Waals surface area contributed by atoms with Crippen LogP contribution >= 0.6 is 0 Å². The van der Waals surface area contributed by atoms with Gasteiger partial charge >= 0.3 is 5.97 Å². The van der Waals surface area contributed by atoms with Gasteiger partial charge in [0.1, 0.15) is 0 Å². The lowest BCUT2D eigenvalue weighted by Gasteiger charge is -2.19. The van der Waals surface area contributed by atoms with E-state index in [-0.39, 0.29) is 12.1 Å². The first-order valence-corrected chi connectivity index (χ1v) is 8.60. The molecule has 0 unspecified atom stereocenters. The molecule has 0 aliphatic carbocycles. The Bertz CT molecular complexity index is 998. The van der Waals surface area contributed by atoms with E-state index in [4.69, 9.17) is 14.2 Å². The Balaban J connectivity index is 1.92. The third kappa shape index (κ3) is 3.90. The molecule has 0 spiro atoms. The third-order valence-corrected chi connectivity index (χ3v) is 4.40. The number of carbonyl (C=O) groups is 2. The van der Waals surface area contributed by atoms with Crippen LogP contribution in [0.25, 0.3) is 10.9 Å². The van der Waals surface area contributed by atoms with Gasteiger partial charge in [0.05, 0.1) is 39.3 Å². The van der Waals surface area contributed by atoms with Crippen LogP contribution in [-0.4, -0.2) is 43.4 Å². The van der Waals surface area contributed by atoms with E-state index in [2.05, 4.69) is 15.5 Å². The summed E-state index contributed by atoms with van der Waals surface area (Å²) in [7, 11) is 4.36. The van der Waals surface area contributed by atoms with Gasteiger partial charge in [-0.05, 0) is 23.8 Å². The van der Waals surface area contributed by atoms with Crippen molar-refractivity contribution in [1.29, 1.82) is 0 Å². The number of methoxy groups -OCH3 is 3. The Morgan fingerprint density at radius 2 is 1.82 bits per heavy atom. The van der Waals surface area contributed by atoms with Crippen molar-refractivity contribution in [1.82, 2.24) is 15.5 Å². The zero-order valence-corrected chi connectivity index (χ0v) is 15.8. The van der Waals surface area contributed by atoms with Gasteiger partial charge in [-0.2, -0.15) is 5.10 Å². The van der Waals surface area contributed by atoms with Crippen LogP contribution in [0, 0.1) is 0 Å². The lowest BCUT2D eigenvalue weighted by atomic mass is 10.0. The molecule has 146 valence electrons. The second-order valence-corrected chi connectivity index (χ2v) is 6.04. The summed E-state index contributed by atoms with van der Waals surface area (Å²) in [5.41, 5.74) is 1.69. The molecular weight excluding hydrogens is 362 g/mol. The molecule has 0 bridgehead atoms. The van der Waals surface area contributed by atoms with Gasteiger partial charge < -0.3 is 19.5 Å². The highest BCUT2D eigenvalue weighted by atomic mass is 16.5. The molecule has 0 aliphatic heterocycles. The van der Waals surface area contributed by atoms with Crippen molar-refractivity contribution in [3.8, 4) is 11.5 Å². The molecule has 1 amide bonds. The summed E-state index contributed by atoms with van der Waals surface area (Å²) in [5.74, 6) is 0.190. The number of ether oxygens (including phenoxy) is 3. The van der Waals surface area contributed by atoms with Gasteiger partial charge in [-0.1, -0.05) is 24.3 Å². The number of hydrogen-bond acceptors (Lipinski definition) is 6. The fourth-order valence-corrected chi connectivity index (χ4v) is 2.93. The van der Waals surface area contributed by atoms with Gasteiger partial charge in [0.15, 0.2) is 17.2 Å². The van der Waals surface area contributed by atoms with Gasteiger partial charge in [-0.15, -0.1) is 0 Å². The monoisotopic (exact) mass is 383 g/mol. The van der Waals surface area contributed by atoms with Crippen LogP contribution in [0.15, 0.2) is 42.5 Å². The number of benzene rings is 2. The first-order valence-electron chi connectivity index (χ1n) is 8.60. The summed E-state index contributed by atoms with van der Waals surface area (Å²) < 4.78 is 15.3. The molecule has 28 heavy (non-hydrogen) atoms. The van der Waals surface area contributed by atoms with Crippen molar-refractivity contribution in [2.45, 2.75) is 12.5 Å². The number of carbonyl (C=O) groups excluding carboxylic acids is 2. The molecule has 0 saturated heterocycles. The number of nitrogens with one attached hydrogen (secondary N) is 2. The van der Waals surface area contributed by atoms with Crippen molar-refractivity contribution >= 4 is 22.8 Å². The van der Waals surface area contributed by atoms with E-state index < -0.39 is 17.9 Å². The molecule has 3 aromatic rings. The van der Waals surface area contributed by atoms with E-state index in [1.54, 1.807) is 24.3 Å². The SMILES string of the molecule is COC(=O)C[C@@H](NC(=O)c1n[nH]c2ccccc12)c1ccc(OC)c(OC)c1. The van der Waals surface area contributed by atoms with Crippen molar-refractivity contribution < 1.29 is 23.8 Å². The maximum absolute atomic E-state index is 12.8. The maximum Gasteiger partial charge on any atom is 0.307 e. The van der Waals surface area contributed by atoms with E-state index in [1.807, 2.05) is 18.2 Å². The predicted molar refractivity (Wildman–Crippen MR) is 102 cm³/mol. The number of esters is 1. The minimum Gasteiger partial charge on any atom is -0.493 e. The normalized spacial score (nSPS) is 11.7. The molecule has 8 nitrogen and oxygen atoms in total. The number of hydrogen-bond donors (Lipinski definition) is 2. The van der Waals surface area contributed by atoms with Crippen LogP contribution in [0.1, 0.15) is 28.5 Å². The second-order valence-electron chi connectivity index (χ2n) is 6.04. The van der Waals surface area contributed by atoms with Crippen molar-refractivity contribution in [2.24, 2.45) is 0 Å². The van der Waals surface area contributed by atoms with Crippen LogP contribution in [0.4, 0.5) is 0 Å². The van der Waals surface area contributed by atoms with E-state index in [0.717, 1.165) is 5.52 Å². The zero-order valence-electron chi connectivity index (χ0n) is 15.8. The molecular formula is C20H21N3O5. The summed E-state index contributed by atoms with van der Waals surface area (Å²) in [4.78, 5) is 24.8. The van der Waals surface area contributed by atoms with Crippen LogP contribution in [0.3, 0.4) is 0 Å². The number of amides is 1. The van der Waals surface area contributed by atoms with Crippen molar-refractivity contribution in [3.63, 3.8) is 0 Å². The molecule has 1 heterocycles. The number of fused-ring (bicyclic) bond motifs is 1. The molecule has 3 rings (SSSR count). The lowest BCUT2D eigenvalue weighted by molar-refractivity contribution is -0.141. The maximum atomic E-state index is 12.8. The largest absolute Gasteiger partial charge is 0.493 e. The first kappa shape index (κ1) is 19.2. The highest BCUT2D eigenvalue weighted by molar-refractivity contribution is 6.04. The molecule has 1 aromatic heterocycles. The Kier molecular flexibility index (Phi) is 5.78. The summed E-state index contributed by atoms with van der Waals surface area (Å²) >= 11 is 0. The Morgan fingerprint density at radius 3 is 2.54 bits per heavy atom. The van der Waals surface area contributed by atoms with E-state index >= 15 is 0 Å². The fourth-order valence-electron chi connectivity index (χ4n) is 2.93. The van der Waals surface area contributed by atoms with Crippen LogP contribution in [0.2, 0.25) is 0 Å². The Labute approximate surface area is 161 Å². The summed E-state index contributed by atoms with van der Waals surface area (Å²) in [6.45, 7) is 0. The van der Waals surface area contributed by atoms with Gasteiger partial charge in [0, 0.05) is 5.39 Å². The summed E-state index contributed by atoms with van der Waals surface area (Å²) in [5, 5.41) is 10.5. The van der Waals surface area contributed by atoms with E-state index in [1.165, 1.54) is 21.3 Å². The van der Waals surface area contributed by atoms with Gasteiger partial charge in [-0.25, -0.2) is 0 Å². The fraction of sp³-hybridized carbons (Fsp3) is 0.250. The number of nitrogens with zero attached hydrogens (tertiary/aromatic N) is 1. The Morgan fingerprint density at radius 1 is 1.07 bits per heavy atom. The molecule has 1 atom stereocenters. The second kappa shape index (κ2) is 8.43. The zero-order chi connectivity index (χ0) is 20.1. The first-order chi connectivity index (χ1) is 13.6. The van der Waals surface area contributed by atoms with Crippen LogP contribution in [0.5, 0.6) is 11.5 Å². The van der Waals surface area contributed by atoms with Gasteiger partial charge in [0.2, 0.25) is 0 Å². The number of aromatic nitrogens is 2. The predicted octanol–water partition coefficient (Wildman–Crippen LogP) is 2.61. The minimum absolute atomic E-state index is 0.0416. The summed E-state index contributed by atoms with van der Waals surface area (Å²) in [6, 6.07) is 11.9. The molecule has 2 aromatic carbocycles. The quantitative estimate of drug-likeness (QED) is 0.608. The lowest BCUT2D eigenvalue weighted by Crippen LogP contribution is -2.31. The number of para-hydroxylation sites is 1. The standard InChI is InChI=1S/C20H21N3O5/c1-26-16-9-8-12(10-17(16)27-2)15(11-18(24)28-3)21-20(25)19-13-6-4-5-7-14(13)22-23-19/h4-10,15H,11H2,1-3H3,(H,21,25)(H,22,23)/t15-/m1/s1. The highest BCUT2D eigenvalue weighted by Crippen LogP contribution is 2.31. The minimum atomic E-state index is -0.629. The van der Waals surface area contributed by atoms with Crippen LogP contribution in [-0.2, 0) is 9.53 Å². The number of rotatable bonds is 7. The van der Waals surface area contributed by atoms with E-state index in [0.29, 0.717) is 22.4 Å². The average molecular weight is 383 g/mol. The summed E-state index contributed by atoms with van der Waals surface area (Å²) in [6.07, 6.45) is -0.0416. The molecule has 0 saturated carbocycles. The van der Waals surface area contributed by atoms with Crippen molar-refractivity contribution in [2.75, 3.05) is 21.3 Å². The molecule has 0 fully saturated rings. The molecule has 8 heteroatoms. The van der Waals surface area contributed by atoms with Crippen molar-refractivity contribution in [3.05, 3.63) is 53.7 Å². The Hall–Kier alpha value is -3.55. The van der Waals surface area contributed by atoms with Crippen LogP contribution < -0.4 is 14.8 Å². The van der Waals surface area contributed by atoms with Gasteiger partial charge in [-0.3, -0.25) is 14.7 Å². The topological polar surface area (TPSA) is 103 Å². The van der Waals surface area contributed by atoms with Gasteiger partial charge in [0.25, 0.3) is 5.91 Å². The number of H-pyrrole nitrogens is 1. The molecule has 0 radical (unpaired) electrons. The van der Waals surface area contributed by atoms with E-state index in [9.17, 15) is 9.59 Å². The smallest absolute Gasteiger partial charge is 0.307 e. The third-order valence-electron chi connectivity index (χ3n) is 4.40. The average Bonchev–Trinajstić information content (AvgIpc) is 3.16. The highest BCUT2D eigenvalue weighted by Gasteiger charge is 2.23. The molecule has 0 aliphatic rings. The number of aromatic amines is 1. The molecule has 2 N–H and O–H groups in total.